The molecule has 148 valence electrons. The fraction of sp³-hybridized carbons (Fsp3) is 0.810. The summed E-state index contributed by atoms with van der Waals surface area (Å²) in [7, 11) is -1.90. The van der Waals surface area contributed by atoms with Crippen LogP contribution in [0.15, 0.2) is 12.7 Å². The maximum absolute atomic E-state index is 13.2. The standard InChI is InChI=1S/C21H36O4Si/c1-9-12-24-19(23)16-13-15-10-11-17(14(2)21(15,6)18(16)22)25-26(7,8)20(3,4)5/h9,14-17H,1,10-13H2,2-8H3/t14-,15-,16?,17+,21-/m1/s1. The predicted molar refractivity (Wildman–Crippen MR) is 106 cm³/mol. The second-order valence-corrected chi connectivity index (χ2v) is 14.6. The van der Waals surface area contributed by atoms with Crippen LogP contribution in [0.5, 0.6) is 0 Å². The number of carbonyl (C=O) groups is 2. The summed E-state index contributed by atoms with van der Waals surface area (Å²) in [6.07, 6.45) is 4.15. The Balaban J connectivity index is 2.19. The molecule has 0 aromatic carbocycles. The molecule has 0 bridgehead atoms. The Kier molecular flexibility index (Phi) is 5.94. The van der Waals surface area contributed by atoms with E-state index >= 15 is 0 Å². The minimum Gasteiger partial charge on any atom is -0.461 e. The molecule has 0 aromatic heterocycles. The molecule has 2 saturated carbocycles. The van der Waals surface area contributed by atoms with Crippen molar-refractivity contribution in [1.82, 2.24) is 0 Å². The van der Waals surface area contributed by atoms with Gasteiger partial charge in [0.25, 0.3) is 0 Å². The van der Waals surface area contributed by atoms with Crippen LogP contribution in [0, 0.1) is 23.2 Å². The molecule has 0 amide bonds. The molecule has 2 aliphatic carbocycles. The lowest BCUT2D eigenvalue weighted by Crippen LogP contribution is -2.52. The van der Waals surface area contributed by atoms with Crippen molar-refractivity contribution in [1.29, 1.82) is 0 Å². The van der Waals surface area contributed by atoms with Crippen LogP contribution >= 0.6 is 0 Å². The van der Waals surface area contributed by atoms with E-state index in [9.17, 15) is 9.59 Å². The van der Waals surface area contributed by atoms with Crippen LogP contribution < -0.4 is 0 Å². The van der Waals surface area contributed by atoms with Crippen molar-refractivity contribution < 1.29 is 18.8 Å². The zero-order valence-corrected chi connectivity index (χ0v) is 18.6. The summed E-state index contributed by atoms with van der Waals surface area (Å²) in [6, 6.07) is 0. The average Bonchev–Trinajstić information content (AvgIpc) is 2.80. The Morgan fingerprint density at radius 1 is 1.35 bits per heavy atom. The Bertz CT molecular complexity index is 577. The van der Waals surface area contributed by atoms with E-state index in [1.807, 2.05) is 6.92 Å². The van der Waals surface area contributed by atoms with Crippen molar-refractivity contribution in [2.45, 2.75) is 78.1 Å². The third-order valence-electron chi connectivity index (χ3n) is 7.40. The van der Waals surface area contributed by atoms with Gasteiger partial charge in [0.05, 0.1) is 0 Å². The molecule has 0 aliphatic heterocycles. The first kappa shape index (κ1) is 21.4. The van der Waals surface area contributed by atoms with Gasteiger partial charge >= 0.3 is 5.97 Å². The first-order chi connectivity index (χ1) is 11.9. The number of hydrogen-bond donors (Lipinski definition) is 0. The second-order valence-electron chi connectivity index (χ2n) is 9.83. The largest absolute Gasteiger partial charge is 0.461 e. The first-order valence-corrected chi connectivity index (χ1v) is 12.8. The second kappa shape index (κ2) is 7.23. The van der Waals surface area contributed by atoms with Crippen LogP contribution in [-0.2, 0) is 18.8 Å². The lowest BCUT2D eigenvalue weighted by Gasteiger charge is -2.49. The third-order valence-corrected chi connectivity index (χ3v) is 11.9. The molecule has 0 saturated heterocycles. The van der Waals surface area contributed by atoms with E-state index in [-0.39, 0.29) is 41.3 Å². The number of fused-ring (bicyclic) bond motifs is 1. The molecule has 1 unspecified atom stereocenters. The fourth-order valence-electron chi connectivity index (χ4n) is 4.39. The fourth-order valence-corrected chi connectivity index (χ4v) is 5.82. The third kappa shape index (κ3) is 3.57. The molecule has 5 heteroatoms. The molecule has 2 fully saturated rings. The van der Waals surface area contributed by atoms with E-state index in [4.69, 9.17) is 9.16 Å². The van der Waals surface area contributed by atoms with E-state index < -0.39 is 19.7 Å². The summed E-state index contributed by atoms with van der Waals surface area (Å²) in [4.78, 5) is 25.5. The number of ether oxygens (including phenoxy) is 1. The topological polar surface area (TPSA) is 52.6 Å². The van der Waals surface area contributed by atoms with Gasteiger partial charge in [0.1, 0.15) is 12.5 Å². The van der Waals surface area contributed by atoms with Gasteiger partial charge in [-0.2, -0.15) is 0 Å². The minimum atomic E-state index is -1.90. The number of Topliss-reactive ketones (excluding diaryl/α,β-unsaturated/α-hetero) is 1. The first-order valence-electron chi connectivity index (χ1n) is 9.86. The van der Waals surface area contributed by atoms with Gasteiger partial charge in [-0.15, -0.1) is 0 Å². The average molecular weight is 381 g/mol. The number of carbonyl (C=O) groups excluding carboxylic acids is 2. The molecule has 0 heterocycles. The van der Waals surface area contributed by atoms with Crippen molar-refractivity contribution in [3.05, 3.63) is 12.7 Å². The number of rotatable bonds is 5. The molecule has 4 nitrogen and oxygen atoms in total. The van der Waals surface area contributed by atoms with Gasteiger partial charge in [-0.1, -0.05) is 47.3 Å². The van der Waals surface area contributed by atoms with Crippen LogP contribution in [0.25, 0.3) is 0 Å². The van der Waals surface area contributed by atoms with Crippen molar-refractivity contribution in [3.63, 3.8) is 0 Å². The monoisotopic (exact) mass is 380 g/mol. The van der Waals surface area contributed by atoms with Crippen molar-refractivity contribution in [3.8, 4) is 0 Å². The van der Waals surface area contributed by atoms with E-state index in [1.165, 1.54) is 6.08 Å². The molecule has 2 aliphatic rings. The van der Waals surface area contributed by atoms with Gasteiger partial charge in [0.15, 0.2) is 14.1 Å². The summed E-state index contributed by atoms with van der Waals surface area (Å²) in [5.74, 6) is -0.614. The molecule has 5 atom stereocenters. The summed E-state index contributed by atoms with van der Waals surface area (Å²) in [6.45, 7) is 19.2. The Hall–Kier alpha value is -0.943. The SMILES string of the molecule is C=CCOC(=O)C1C[C@H]2CC[C@H](O[Si](C)(C)C(C)(C)C)[C@@H](C)[C@@]2(C)C1=O. The van der Waals surface area contributed by atoms with Gasteiger partial charge in [-0.05, 0) is 49.2 Å². The Morgan fingerprint density at radius 2 is 1.96 bits per heavy atom. The summed E-state index contributed by atoms with van der Waals surface area (Å²) >= 11 is 0. The maximum atomic E-state index is 13.2. The molecular weight excluding hydrogens is 344 g/mol. The number of ketones is 1. The van der Waals surface area contributed by atoms with Gasteiger partial charge < -0.3 is 9.16 Å². The van der Waals surface area contributed by atoms with E-state index in [2.05, 4.69) is 47.4 Å². The molecule has 2 rings (SSSR count). The lowest BCUT2D eigenvalue weighted by molar-refractivity contribution is -0.152. The highest BCUT2D eigenvalue weighted by atomic mass is 28.4. The molecule has 0 aromatic rings. The smallest absolute Gasteiger partial charge is 0.316 e. The highest BCUT2D eigenvalue weighted by Gasteiger charge is 2.60. The Morgan fingerprint density at radius 3 is 2.50 bits per heavy atom. The summed E-state index contributed by atoms with van der Waals surface area (Å²) in [5, 5.41) is 0.140. The molecule has 0 spiro atoms. The predicted octanol–water partition coefficient (Wildman–Crippen LogP) is 4.75. The van der Waals surface area contributed by atoms with E-state index in [0.717, 1.165) is 12.8 Å². The molecule has 26 heavy (non-hydrogen) atoms. The zero-order chi connectivity index (χ0) is 19.9. The van der Waals surface area contributed by atoms with E-state index in [0.29, 0.717) is 6.42 Å². The quantitative estimate of drug-likeness (QED) is 0.299. The highest BCUT2D eigenvalue weighted by Crippen LogP contribution is 2.56. The maximum Gasteiger partial charge on any atom is 0.316 e. The van der Waals surface area contributed by atoms with Crippen LogP contribution in [0.4, 0.5) is 0 Å². The van der Waals surface area contributed by atoms with Crippen molar-refractivity contribution >= 4 is 20.1 Å². The van der Waals surface area contributed by atoms with Crippen LogP contribution in [0.3, 0.4) is 0 Å². The minimum absolute atomic E-state index is 0.0487. The lowest BCUT2D eigenvalue weighted by atomic mass is 9.62. The highest BCUT2D eigenvalue weighted by molar-refractivity contribution is 6.74. The normalized spacial score (nSPS) is 35.1. The summed E-state index contributed by atoms with van der Waals surface area (Å²) in [5.41, 5.74) is -0.497. The number of esters is 1. The van der Waals surface area contributed by atoms with E-state index in [1.54, 1.807) is 0 Å². The molecule has 0 radical (unpaired) electrons. The van der Waals surface area contributed by atoms with Crippen LogP contribution in [0.2, 0.25) is 18.1 Å². The van der Waals surface area contributed by atoms with Gasteiger partial charge in [0.2, 0.25) is 0 Å². The number of hydrogen-bond acceptors (Lipinski definition) is 4. The van der Waals surface area contributed by atoms with Gasteiger partial charge in [0, 0.05) is 11.5 Å². The Labute approximate surface area is 159 Å². The van der Waals surface area contributed by atoms with Crippen molar-refractivity contribution in [2.75, 3.05) is 6.61 Å². The van der Waals surface area contributed by atoms with Gasteiger partial charge in [-0.3, -0.25) is 9.59 Å². The molecular formula is C21H36O4Si. The molecule has 0 N–H and O–H groups in total. The zero-order valence-electron chi connectivity index (χ0n) is 17.6. The van der Waals surface area contributed by atoms with Crippen molar-refractivity contribution in [2.24, 2.45) is 23.2 Å². The van der Waals surface area contributed by atoms with Crippen LogP contribution in [-0.4, -0.2) is 32.8 Å². The van der Waals surface area contributed by atoms with Gasteiger partial charge in [-0.25, -0.2) is 0 Å². The van der Waals surface area contributed by atoms with Crippen LogP contribution in [0.1, 0.15) is 53.9 Å². The summed E-state index contributed by atoms with van der Waals surface area (Å²) < 4.78 is 11.9.